The first-order valence-corrected chi connectivity index (χ1v) is 4.39. The maximum atomic E-state index is 5.83. The van der Waals surface area contributed by atoms with Gasteiger partial charge in [-0.15, -0.1) is 0 Å². The fraction of sp³-hybridized carbons (Fsp3) is 0.200. The molecule has 0 radical (unpaired) electrons. The van der Waals surface area contributed by atoms with E-state index in [2.05, 4.69) is 10.1 Å². The van der Waals surface area contributed by atoms with Crippen molar-refractivity contribution in [2.75, 3.05) is 5.73 Å². The lowest BCUT2D eigenvalue weighted by molar-refractivity contribution is 0.768. The SMILES string of the molecule is Cc1ccc(N)c(-c2cnn(C)c2)n1. The van der Waals surface area contributed by atoms with Gasteiger partial charge >= 0.3 is 0 Å². The highest BCUT2D eigenvalue weighted by Gasteiger charge is 2.06. The summed E-state index contributed by atoms with van der Waals surface area (Å²) in [7, 11) is 1.87. The molecule has 0 aliphatic carbocycles. The molecule has 2 heterocycles. The van der Waals surface area contributed by atoms with Gasteiger partial charge < -0.3 is 5.73 Å². The Labute approximate surface area is 82.4 Å². The van der Waals surface area contributed by atoms with Crippen LogP contribution in [0.1, 0.15) is 5.69 Å². The van der Waals surface area contributed by atoms with Crippen molar-refractivity contribution in [3.8, 4) is 11.3 Å². The van der Waals surface area contributed by atoms with Gasteiger partial charge in [0, 0.05) is 24.5 Å². The second kappa shape index (κ2) is 3.14. The lowest BCUT2D eigenvalue weighted by Crippen LogP contribution is -1.94. The van der Waals surface area contributed by atoms with Crippen molar-refractivity contribution >= 4 is 5.69 Å². The molecule has 0 atom stereocenters. The Hall–Kier alpha value is -1.84. The Morgan fingerprint density at radius 3 is 2.79 bits per heavy atom. The molecular formula is C10H12N4. The van der Waals surface area contributed by atoms with Crippen LogP contribution in [-0.4, -0.2) is 14.8 Å². The summed E-state index contributed by atoms with van der Waals surface area (Å²) in [5.41, 5.74) is 9.23. The number of aryl methyl sites for hydroxylation is 2. The largest absolute Gasteiger partial charge is 0.397 e. The summed E-state index contributed by atoms with van der Waals surface area (Å²) in [5.74, 6) is 0. The van der Waals surface area contributed by atoms with Gasteiger partial charge in [-0.3, -0.25) is 9.67 Å². The van der Waals surface area contributed by atoms with Crippen LogP contribution < -0.4 is 5.73 Å². The zero-order valence-corrected chi connectivity index (χ0v) is 8.23. The number of hydrogen-bond donors (Lipinski definition) is 1. The molecule has 0 bridgehead atoms. The van der Waals surface area contributed by atoms with Crippen LogP contribution in [0.5, 0.6) is 0 Å². The molecule has 4 heteroatoms. The van der Waals surface area contributed by atoms with Crippen molar-refractivity contribution in [3.05, 3.63) is 30.2 Å². The van der Waals surface area contributed by atoms with E-state index < -0.39 is 0 Å². The van der Waals surface area contributed by atoms with Crippen LogP contribution in [0, 0.1) is 6.92 Å². The standard InChI is InChI=1S/C10H12N4/c1-7-3-4-9(11)10(13-7)8-5-12-14(2)6-8/h3-6H,11H2,1-2H3. The van der Waals surface area contributed by atoms with Crippen LogP contribution in [-0.2, 0) is 7.05 Å². The van der Waals surface area contributed by atoms with Gasteiger partial charge in [-0.05, 0) is 19.1 Å². The molecule has 0 aliphatic rings. The van der Waals surface area contributed by atoms with Crippen molar-refractivity contribution < 1.29 is 0 Å². The molecule has 0 aromatic carbocycles. The maximum Gasteiger partial charge on any atom is 0.0965 e. The van der Waals surface area contributed by atoms with Gasteiger partial charge in [0.05, 0.1) is 17.6 Å². The molecule has 4 nitrogen and oxygen atoms in total. The van der Waals surface area contributed by atoms with Crippen LogP contribution in [0.25, 0.3) is 11.3 Å². The minimum Gasteiger partial charge on any atom is -0.397 e. The van der Waals surface area contributed by atoms with E-state index in [4.69, 9.17) is 5.73 Å². The normalized spacial score (nSPS) is 10.4. The predicted octanol–water partition coefficient (Wildman–Crippen LogP) is 1.37. The van der Waals surface area contributed by atoms with Crippen molar-refractivity contribution in [1.82, 2.24) is 14.8 Å². The van der Waals surface area contributed by atoms with Crippen LogP contribution >= 0.6 is 0 Å². The van der Waals surface area contributed by atoms with Crippen molar-refractivity contribution in [1.29, 1.82) is 0 Å². The molecule has 2 N–H and O–H groups in total. The third-order valence-electron chi connectivity index (χ3n) is 2.04. The molecule has 0 saturated heterocycles. The highest BCUT2D eigenvalue weighted by molar-refractivity contribution is 5.71. The Balaban J connectivity index is 2.55. The molecule has 0 spiro atoms. The highest BCUT2D eigenvalue weighted by atomic mass is 15.2. The smallest absolute Gasteiger partial charge is 0.0965 e. The zero-order valence-electron chi connectivity index (χ0n) is 8.23. The predicted molar refractivity (Wildman–Crippen MR) is 55.6 cm³/mol. The van der Waals surface area contributed by atoms with Gasteiger partial charge in [0.1, 0.15) is 0 Å². The Kier molecular flexibility index (Phi) is 1.96. The van der Waals surface area contributed by atoms with E-state index in [0.717, 1.165) is 17.0 Å². The van der Waals surface area contributed by atoms with E-state index >= 15 is 0 Å². The summed E-state index contributed by atoms with van der Waals surface area (Å²) < 4.78 is 1.73. The van der Waals surface area contributed by atoms with Gasteiger partial charge in [0.25, 0.3) is 0 Å². The van der Waals surface area contributed by atoms with Crippen LogP contribution in [0.4, 0.5) is 5.69 Å². The number of aromatic nitrogens is 3. The molecule has 0 fully saturated rings. The Morgan fingerprint density at radius 1 is 1.36 bits per heavy atom. The van der Waals surface area contributed by atoms with Gasteiger partial charge in [0.15, 0.2) is 0 Å². The van der Waals surface area contributed by atoms with Gasteiger partial charge in [-0.2, -0.15) is 5.10 Å². The Bertz CT molecular complexity index is 459. The first kappa shape index (κ1) is 8.74. The average Bonchev–Trinajstić information content (AvgIpc) is 2.56. The monoisotopic (exact) mass is 188 g/mol. The molecule has 72 valence electrons. The summed E-state index contributed by atoms with van der Waals surface area (Å²) in [6.07, 6.45) is 3.66. The van der Waals surface area contributed by atoms with E-state index in [-0.39, 0.29) is 0 Å². The van der Waals surface area contributed by atoms with Crippen molar-refractivity contribution in [2.45, 2.75) is 6.92 Å². The first-order chi connectivity index (χ1) is 6.66. The molecular weight excluding hydrogens is 176 g/mol. The van der Waals surface area contributed by atoms with Crippen LogP contribution in [0.3, 0.4) is 0 Å². The summed E-state index contributed by atoms with van der Waals surface area (Å²) in [6, 6.07) is 3.76. The minimum atomic E-state index is 0.684. The zero-order chi connectivity index (χ0) is 10.1. The maximum absolute atomic E-state index is 5.83. The number of rotatable bonds is 1. The van der Waals surface area contributed by atoms with Crippen molar-refractivity contribution in [2.24, 2.45) is 7.05 Å². The summed E-state index contributed by atoms with van der Waals surface area (Å²) in [5, 5.41) is 4.08. The molecule has 2 rings (SSSR count). The fourth-order valence-corrected chi connectivity index (χ4v) is 1.34. The average molecular weight is 188 g/mol. The van der Waals surface area contributed by atoms with E-state index in [1.54, 1.807) is 10.9 Å². The number of nitrogens with zero attached hydrogens (tertiary/aromatic N) is 3. The fourth-order valence-electron chi connectivity index (χ4n) is 1.34. The lowest BCUT2D eigenvalue weighted by atomic mass is 10.2. The van der Waals surface area contributed by atoms with Crippen LogP contribution in [0.15, 0.2) is 24.5 Å². The summed E-state index contributed by atoms with van der Waals surface area (Å²) in [4.78, 5) is 4.38. The topological polar surface area (TPSA) is 56.7 Å². The first-order valence-electron chi connectivity index (χ1n) is 4.39. The molecule has 0 unspecified atom stereocenters. The van der Waals surface area contributed by atoms with E-state index in [9.17, 15) is 0 Å². The number of nitrogen functional groups attached to an aromatic ring is 1. The quantitative estimate of drug-likeness (QED) is 0.735. The molecule has 2 aromatic heterocycles. The van der Waals surface area contributed by atoms with E-state index in [1.807, 2.05) is 32.3 Å². The number of anilines is 1. The third-order valence-corrected chi connectivity index (χ3v) is 2.04. The van der Waals surface area contributed by atoms with Gasteiger partial charge in [-0.1, -0.05) is 0 Å². The van der Waals surface area contributed by atoms with Gasteiger partial charge in [0.2, 0.25) is 0 Å². The third kappa shape index (κ3) is 1.46. The number of pyridine rings is 1. The van der Waals surface area contributed by atoms with Crippen molar-refractivity contribution in [3.63, 3.8) is 0 Å². The second-order valence-electron chi connectivity index (χ2n) is 3.29. The number of nitrogens with two attached hydrogens (primary N) is 1. The molecule has 0 amide bonds. The summed E-state index contributed by atoms with van der Waals surface area (Å²) >= 11 is 0. The molecule has 14 heavy (non-hydrogen) atoms. The Morgan fingerprint density at radius 2 is 2.14 bits per heavy atom. The van der Waals surface area contributed by atoms with E-state index in [0.29, 0.717) is 5.69 Å². The molecule has 0 aliphatic heterocycles. The molecule has 0 saturated carbocycles. The van der Waals surface area contributed by atoms with E-state index in [1.165, 1.54) is 0 Å². The van der Waals surface area contributed by atoms with Crippen LogP contribution in [0.2, 0.25) is 0 Å². The van der Waals surface area contributed by atoms with Gasteiger partial charge in [-0.25, -0.2) is 0 Å². The molecule has 2 aromatic rings. The highest BCUT2D eigenvalue weighted by Crippen LogP contribution is 2.22. The number of hydrogen-bond acceptors (Lipinski definition) is 3. The summed E-state index contributed by atoms with van der Waals surface area (Å²) in [6.45, 7) is 1.94. The lowest BCUT2D eigenvalue weighted by Gasteiger charge is -2.02. The second-order valence-corrected chi connectivity index (χ2v) is 3.29. The minimum absolute atomic E-state index is 0.684.